The smallest absolute Gasteiger partial charge is 0.101 e. The van der Waals surface area contributed by atoms with Gasteiger partial charge in [-0.25, -0.2) is 0 Å². The van der Waals surface area contributed by atoms with Crippen molar-refractivity contribution >= 4 is 5.69 Å². The number of para-hydroxylation sites is 1. The Bertz CT molecular complexity index is 430. The van der Waals surface area contributed by atoms with Crippen LogP contribution in [0.15, 0.2) is 24.3 Å². The Morgan fingerprint density at radius 3 is 2.95 bits per heavy atom. The maximum Gasteiger partial charge on any atom is 0.101 e. The zero-order chi connectivity index (χ0) is 13.5. The lowest BCUT2D eigenvalue weighted by molar-refractivity contribution is 0.572. The summed E-state index contributed by atoms with van der Waals surface area (Å²) in [6.45, 7) is 5.39. The molecule has 0 aliphatic carbocycles. The van der Waals surface area contributed by atoms with Crippen LogP contribution in [0.2, 0.25) is 0 Å². The summed E-state index contributed by atoms with van der Waals surface area (Å²) in [6, 6.07) is 10.8. The van der Waals surface area contributed by atoms with E-state index < -0.39 is 0 Å². The second-order valence-corrected chi connectivity index (χ2v) is 5.22. The number of hydrogen-bond acceptors (Lipinski definition) is 3. The molecule has 0 radical (unpaired) electrons. The number of nitrogens with one attached hydrogen (secondary N) is 1. The van der Waals surface area contributed by atoms with Gasteiger partial charge < -0.3 is 10.2 Å². The molecule has 0 aromatic heterocycles. The van der Waals surface area contributed by atoms with E-state index in [0.29, 0.717) is 6.04 Å². The summed E-state index contributed by atoms with van der Waals surface area (Å²) in [5, 5.41) is 12.8. The molecule has 0 bridgehead atoms. The first kappa shape index (κ1) is 13.9. The van der Waals surface area contributed by atoms with Gasteiger partial charge in [0.15, 0.2) is 0 Å². The van der Waals surface area contributed by atoms with Crippen molar-refractivity contribution in [1.29, 1.82) is 5.26 Å². The Morgan fingerprint density at radius 1 is 1.42 bits per heavy atom. The van der Waals surface area contributed by atoms with Crippen LogP contribution in [0, 0.1) is 11.3 Å². The van der Waals surface area contributed by atoms with Gasteiger partial charge in [-0.1, -0.05) is 25.5 Å². The lowest BCUT2D eigenvalue weighted by Gasteiger charge is -2.28. The summed E-state index contributed by atoms with van der Waals surface area (Å²) in [7, 11) is 0. The van der Waals surface area contributed by atoms with E-state index in [2.05, 4.69) is 29.3 Å². The minimum atomic E-state index is 0.573. The van der Waals surface area contributed by atoms with Crippen LogP contribution in [-0.4, -0.2) is 25.7 Å². The average molecular weight is 257 g/mol. The Morgan fingerprint density at radius 2 is 2.26 bits per heavy atom. The van der Waals surface area contributed by atoms with Gasteiger partial charge >= 0.3 is 0 Å². The van der Waals surface area contributed by atoms with Gasteiger partial charge in [0, 0.05) is 19.1 Å². The molecule has 0 spiro atoms. The maximum absolute atomic E-state index is 9.26. The van der Waals surface area contributed by atoms with Gasteiger partial charge in [-0.2, -0.15) is 5.26 Å². The molecule has 3 heteroatoms. The van der Waals surface area contributed by atoms with Gasteiger partial charge in [0.05, 0.1) is 11.3 Å². The average Bonchev–Trinajstić information content (AvgIpc) is 2.96. The highest BCUT2D eigenvalue weighted by atomic mass is 15.2. The molecule has 2 rings (SSSR count). The third-order valence-corrected chi connectivity index (χ3v) is 3.75. The number of rotatable bonds is 6. The number of benzene rings is 1. The Kier molecular flexibility index (Phi) is 5.23. The van der Waals surface area contributed by atoms with Gasteiger partial charge in [0.1, 0.15) is 6.07 Å². The van der Waals surface area contributed by atoms with Gasteiger partial charge in [-0.05, 0) is 37.9 Å². The monoisotopic (exact) mass is 257 g/mol. The third kappa shape index (κ3) is 3.71. The highest BCUT2D eigenvalue weighted by molar-refractivity contribution is 5.59. The van der Waals surface area contributed by atoms with Crippen LogP contribution in [-0.2, 0) is 0 Å². The van der Waals surface area contributed by atoms with E-state index in [1.807, 2.05) is 18.2 Å². The molecule has 1 aromatic rings. The van der Waals surface area contributed by atoms with Gasteiger partial charge in [-0.3, -0.25) is 0 Å². The minimum absolute atomic E-state index is 0.573. The topological polar surface area (TPSA) is 39.1 Å². The zero-order valence-electron chi connectivity index (χ0n) is 11.7. The Hall–Kier alpha value is -1.53. The Balaban J connectivity index is 2.13. The van der Waals surface area contributed by atoms with E-state index in [0.717, 1.165) is 30.9 Å². The molecule has 1 heterocycles. The predicted molar refractivity (Wildman–Crippen MR) is 79.3 cm³/mol. The molecule has 1 aromatic carbocycles. The lowest BCUT2D eigenvalue weighted by atomic mass is 10.1. The fraction of sp³-hybridized carbons (Fsp3) is 0.562. The van der Waals surface area contributed by atoms with E-state index in [-0.39, 0.29) is 0 Å². The van der Waals surface area contributed by atoms with Crippen molar-refractivity contribution < 1.29 is 0 Å². The molecule has 1 aliphatic heterocycles. The summed E-state index contributed by atoms with van der Waals surface area (Å²) in [4.78, 5) is 2.38. The third-order valence-electron chi connectivity index (χ3n) is 3.75. The van der Waals surface area contributed by atoms with E-state index in [4.69, 9.17) is 0 Å². The highest BCUT2D eigenvalue weighted by Crippen LogP contribution is 2.21. The fourth-order valence-corrected chi connectivity index (χ4v) is 2.68. The molecule has 1 unspecified atom stereocenters. The first-order valence-electron chi connectivity index (χ1n) is 7.32. The second-order valence-electron chi connectivity index (χ2n) is 5.22. The van der Waals surface area contributed by atoms with Crippen LogP contribution in [0.5, 0.6) is 0 Å². The summed E-state index contributed by atoms with van der Waals surface area (Å²) >= 11 is 0. The van der Waals surface area contributed by atoms with Crippen LogP contribution in [0.25, 0.3) is 0 Å². The Labute approximate surface area is 116 Å². The molecule has 102 valence electrons. The van der Waals surface area contributed by atoms with Crippen molar-refractivity contribution in [2.24, 2.45) is 0 Å². The molecule has 1 fully saturated rings. The standard InChI is InChI=1S/C16H23N3/c1-2-3-11-19(13-15-8-6-10-18-15)16-9-5-4-7-14(16)12-17/h4-5,7,9,15,18H,2-3,6,8,10-11,13H2,1H3. The number of nitriles is 1. The van der Waals surface area contributed by atoms with E-state index in [9.17, 15) is 5.26 Å². The molecular weight excluding hydrogens is 234 g/mol. The molecule has 1 atom stereocenters. The normalized spacial score (nSPS) is 18.2. The summed E-state index contributed by atoms with van der Waals surface area (Å²) in [5.74, 6) is 0. The van der Waals surface area contributed by atoms with Crippen molar-refractivity contribution in [2.75, 3.05) is 24.5 Å². The largest absolute Gasteiger partial charge is 0.369 e. The first-order chi connectivity index (χ1) is 9.35. The number of hydrogen-bond donors (Lipinski definition) is 1. The molecule has 1 saturated heterocycles. The molecule has 3 nitrogen and oxygen atoms in total. The predicted octanol–water partition coefficient (Wildman–Crippen LogP) is 2.92. The lowest BCUT2D eigenvalue weighted by Crippen LogP contribution is -2.38. The van der Waals surface area contributed by atoms with Crippen molar-refractivity contribution in [3.63, 3.8) is 0 Å². The van der Waals surface area contributed by atoms with E-state index in [1.54, 1.807) is 0 Å². The molecule has 1 aliphatic rings. The van der Waals surface area contributed by atoms with Crippen LogP contribution >= 0.6 is 0 Å². The minimum Gasteiger partial charge on any atom is -0.369 e. The van der Waals surface area contributed by atoms with Crippen LogP contribution in [0.4, 0.5) is 5.69 Å². The fourth-order valence-electron chi connectivity index (χ4n) is 2.68. The SMILES string of the molecule is CCCCN(CC1CCCN1)c1ccccc1C#N. The van der Waals surface area contributed by atoms with Crippen LogP contribution < -0.4 is 10.2 Å². The second kappa shape index (κ2) is 7.16. The van der Waals surface area contributed by atoms with Gasteiger partial charge in [-0.15, -0.1) is 0 Å². The van der Waals surface area contributed by atoms with Crippen LogP contribution in [0.3, 0.4) is 0 Å². The molecule has 0 saturated carbocycles. The van der Waals surface area contributed by atoms with Crippen molar-refractivity contribution in [3.8, 4) is 6.07 Å². The molecule has 1 N–H and O–H groups in total. The number of unbranched alkanes of at least 4 members (excludes halogenated alkanes) is 1. The summed E-state index contributed by atoms with van der Waals surface area (Å²) in [5.41, 5.74) is 1.88. The van der Waals surface area contributed by atoms with Crippen molar-refractivity contribution in [2.45, 2.75) is 38.6 Å². The molecule has 0 amide bonds. The number of nitrogens with zero attached hydrogens (tertiary/aromatic N) is 2. The van der Waals surface area contributed by atoms with Crippen LogP contribution in [0.1, 0.15) is 38.2 Å². The molecule has 19 heavy (non-hydrogen) atoms. The van der Waals surface area contributed by atoms with Gasteiger partial charge in [0.25, 0.3) is 0 Å². The molecular formula is C16H23N3. The van der Waals surface area contributed by atoms with E-state index >= 15 is 0 Å². The quantitative estimate of drug-likeness (QED) is 0.851. The van der Waals surface area contributed by atoms with E-state index in [1.165, 1.54) is 25.7 Å². The maximum atomic E-state index is 9.26. The van der Waals surface area contributed by atoms with Gasteiger partial charge in [0.2, 0.25) is 0 Å². The summed E-state index contributed by atoms with van der Waals surface area (Å²) < 4.78 is 0. The van der Waals surface area contributed by atoms with Crippen molar-refractivity contribution in [3.05, 3.63) is 29.8 Å². The highest BCUT2D eigenvalue weighted by Gasteiger charge is 2.19. The van der Waals surface area contributed by atoms with Crippen molar-refractivity contribution in [1.82, 2.24) is 5.32 Å². The first-order valence-corrected chi connectivity index (χ1v) is 7.32. The number of anilines is 1. The summed E-state index contributed by atoms with van der Waals surface area (Å²) in [6.07, 6.45) is 4.87. The zero-order valence-corrected chi connectivity index (χ0v) is 11.7.